The Morgan fingerprint density at radius 3 is 1.23 bits per heavy atom. The molecule has 0 aromatic heterocycles. The third kappa shape index (κ3) is 15.0. The highest BCUT2D eigenvalue weighted by Crippen LogP contribution is 2.41. The largest absolute Gasteiger partial charge is 0.328 e. The van der Waals surface area contributed by atoms with Crippen molar-refractivity contribution in [1.82, 2.24) is 0 Å². The molecule has 3 nitrogen and oxygen atoms in total. The van der Waals surface area contributed by atoms with Crippen LogP contribution in [0.25, 0.3) is 0 Å². The Labute approximate surface area is 221 Å². The van der Waals surface area contributed by atoms with Crippen molar-refractivity contribution in [2.45, 2.75) is 176 Å². The van der Waals surface area contributed by atoms with Crippen LogP contribution in [0, 0.1) is 11.3 Å². The molecule has 0 aliphatic heterocycles. The van der Waals surface area contributed by atoms with Crippen LogP contribution in [0.1, 0.15) is 170 Å². The number of unbranched alkanes of at least 4 members (excludes halogenated alkanes) is 8. The lowest BCUT2D eigenvalue weighted by Gasteiger charge is -2.39. The fraction of sp³-hybridized carbons (Fsp3) is 1.00. The molecule has 0 amide bonds. The summed E-state index contributed by atoms with van der Waals surface area (Å²) in [5.41, 5.74) is 0.624. The Morgan fingerprint density at radius 2 is 0.800 bits per heavy atom. The van der Waals surface area contributed by atoms with E-state index in [4.69, 9.17) is 14.2 Å². The molecule has 0 N–H and O–H groups in total. The third-order valence-electron chi connectivity index (χ3n) is 7.88. The van der Waals surface area contributed by atoms with Gasteiger partial charge in [-0.15, -0.1) is 0 Å². The van der Waals surface area contributed by atoms with E-state index in [1.807, 2.05) is 20.8 Å². The molecule has 0 aliphatic rings. The maximum atomic E-state index is 6.15. The second kappa shape index (κ2) is 23.0. The number of ether oxygens (including phenoxy) is 3. The molecule has 0 aromatic carbocycles. The summed E-state index contributed by atoms with van der Waals surface area (Å²) in [6, 6.07) is 0. The minimum Gasteiger partial charge on any atom is -0.328 e. The van der Waals surface area contributed by atoms with Crippen molar-refractivity contribution in [1.29, 1.82) is 0 Å². The Bertz CT molecular complexity index is 398. The van der Waals surface area contributed by atoms with E-state index in [9.17, 15) is 0 Å². The molecule has 35 heavy (non-hydrogen) atoms. The van der Waals surface area contributed by atoms with Crippen LogP contribution in [0.4, 0.5) is 0 Å². The van der Waals surface area contributed by atoms with Gasteiger partial charge in [-0.2, -0.15) is 0 Å². The monoisotopic (exact) mass is 499 g/mol. The van der Waals surface area contributed by atoms with Crippen LogP contribution in [-0.2, 0) is 14.2 Å². The first kappa shape index (κ1) is 34.9. The number of hydrogen-bond donors (Lipinski definition) is 0. The fourth-order valence-electron chi connectivity index (χ4n) is 5.86. The number of rotatable bonds is 27. The van der Waals surface area contributed by atoms with Gasteiger partial charge in [-0.25, -0.2) is 0 Å². The molecule has 0 spiro atoms. The second-order valence-corrected chi connectivity index (χ2v) is 10.9. The van der Waals surface area contributed by atoms with Crippen LogP contribution in [0.5, 0.6) is 0 Å². The summed E-state index contributed by atoms with van der Waals surface area (Å²) in [6.07, 6.45) is 25.4. The Morgan fingerprint density at radius 1 is 0.429 bits per heavy atom. The minimum atomic E-state index is -0.856. The zero-order valence-electron chi connectivity index (χ0n) is 25.4. The van der Waals surface area contributed by atoms with Crippen LogP contribution >= 0.6 is 0 Å². The van der Waals surface area contributed by atoms with Gasteiger partial charge in [-0.05, 0) is 64.7 Å². The zero-order valence-corrected chi connectivity index (χ0v) is 25.4. The minimum absolute atomic E-state index is 0.312. The molecule has 0 radical (unpaired) electrons. The van der Waals surface area contributed by atoms with Gasteiger partial charge in [0.25, 0.3) is 5.97 Å². The third-order valence-corrected chi connectivity index (χ3v) is 7.88. The Balaban J connectivity index is 4.79. The van der Waals surface area contributed by atoms with Gasteiger partial charge in [-0.3, -0.25) is 0 Å². The first-order chi connectivity index (χ1) is 17.0. The topological polar surface area (TPSA) is 27.7 Å². The van der Waals surface area contributed by atoms with Crippen molar-refractivity contribution in [2.75, 3.05) is 19.8 Å². The van der Waals surface area contributed by atoms with E-state index in [1.54, 1.807) is 0 Å². The first-order valence-electron chi connectivity index (χ1n) is 15.9. The SMILES string of the molecule is CCCCC(CCCCCCCC(CCCC)(CCCC)CCCC)C(OCC)(OCC)OCC. The van der Waals surface area contributed by atoms with Crippen LogP contribution in [-0.4, -0.2) is 25.8 Å². The van der Waals surface area contributed by atoms with Crippen molar-refractivity contribution in [3.8, 4) is 0 Å². The average molecular weight is 499 g/mol. The molecule has 0 rings (SSSR count). The smallest absolute Gasteiger partial charge is 0.285 e. The van der Waals surface area contributed by atoms with Crippen molar-refractivity contribution in [2.24, 2.45) is 11.3 Å². The summed E-state index contributed by atoms with van der Waals surface area (Å²) in [5, 5.41) is 0. The van der Waals surface area contributed by atoms with Gasteiger partial charge >= 0.3 is 0 Å². The lowest BCUT2D eigenvalue weighted by atomic mass is 9.71. The van der Waals surface area contributed by atoms with Crippen LogP contribution in [0.15, 0.2) is 0 Å². The van der Waals surface area contributed by atoms with Gasteiger partial charge < -0.3 is 14.2 Å². The van der Waals surface area contributed by atoms with Gasteiger partial charge in [-0.1, -0.05) is 111 Å². The highest BCUT2D eigenvalue weighted by atomic mass is 16.9. The molecule has 1 atom stereocenters. The summed E-state index contributed by atoms with van der Waals surface area (Å²) in [5.74, 6) is -0.544. The maximum absolute atomic E-state index is 6.15. The highest BCUT2D eigenvalue weighted by molar-refractivity contribution is 4.80. The van der Waals surface area contributed by atoms with Gasteiger partial charge in [0.05, 0.1) is 0 Å². The van der Waals surface area contributed by atoms with Crippen LogP contribution in [0.3, 0.4) is 0 Å². The van der Waals surface area contributed by atoms with Crippen molar-refractivity contribution in [3.05, 3.63) is 0 Å². The van der Waals surface area contributed by atoms with Gasteiger partial charge in [0.2, 0.25) is 0 Å². The molecular weight excluding hydrogens is 432 g/mol. The lowest BCUT2D eigenvalue weighted by molar-refractivity contribution is -0.403. The van der Waals surface area contributed by atoms with Crippen molar-refractivity contribution < 1.29 is 14.2 Å². The predicted molar refractivity (Wildman–Crippen MR) is 154 cm³/mol. The molecule has 0 bridgehead atoms. The average Bonchev–Trinajstić information content (AvgIpc) is 2.86. The van der Waals surface area contributed by atoms with Gasteiger partial charge in [0.15, 0.2) is 0 Å². The molecule has 0 heterocycles. The Hall–Kier alpha value is -0.120. The molecule has 0 aromatic rings. The van der Waals surface area contributed by atoms with Crippen LogP contribution < -0.4 is 0 Å². The van der Waals surface area contributed by atoms with E-state index in [-0.39, 0.29) is 0 Å². The van der Waals surface area contributed by atoms with E-state index < -0.39 is 5.97 Å². The van der Waals surface area contributed by atoms with E-state index in [0.29, 0.717) is 31.2 Å². The number of hydrogen-bond acceptors (Lipinski definition) is 3. The van der Waals surface area contributed by atoms with Gasteiger partial charge in [0, 0.05) is 25.7 Å². The molecule has 0 fully saturated rings. The lowest BCUT2D eigenvalue weighted by Crippen LogP contribution is -2.46. The van der Waals surface area contributed by atoms with Crippen molar-refractivity contribution >= 4 is 0 Å². The molecular formula is C32H66O3. The second-order valence-electron chi connectivity index (χ2n) is 10.9. The van der Waals surface area contributed by atoms with E-state index >= 15 is 0 Å². The van der Waals surface area contributed by atoms with Crippen molar-refractivity contribution in [3.63, 3.8) is 0 Å². The highest BCUT2D eigenvalue weighted by Gasteiger charge is 2.41. The quantitative estimate of drug-likeness (QED) is 0.0832. The van der Waals surface area contributed by atoms with E-state index in [1.165, 1.54) is 109 Å². The summed E-state index contributed by atoms with van der Waals surface area (Å²) in [7, 11) is 0. The zero-order chi connectivity index (χ0) is 26.3. The fourth-order valence-corrected chi connectivity index (χ4v) is 5.86. The normalized spacial score (nSPS) is 13.5. The summed E-state index contributed by atoms with van der Waals surface area (Å²) in [6.45, 7) is 17.3. The molecule has 0 saturated heterocycles. The molecule has 1 unspecified atom stereocenters. The summed E-state index contributed by atoms with van der Waals surface area (Å²) >= 11 is 0. The van der Waals surface area contributed by atoms with E-state index in [2.05, 4.69) is 27.7 Å². The molecule has 0 aliphatic carbocycles. The summed E-state index contributed by atoms with van der Waals surface area (Å²) in [4.78, 5) is 0. The molecule has 0 saturated carbocycles. The first-order valence-corrected chi connectivity index (χ1v) is 15.9. The Kier molecular flexibility index (Phi) is 23.0. The van der Waals surface area contributed by atoms with Gasteiger partial charge in [0.1, 0.15) is 0 Å². The standard InChI is InChI=1S/C32H66O3/c1-8-15-24-30(32(33-12-5,34-13-6)35-14-7)25-22-20-19-21-23-29-31(26-16-9-2,27-17-10-3)28-18-11-4/h30H,8-29H2,1-7H3. The molecule has 212 valence electrons. The summed E-state index contributed by atoms with van der Waals surface area (Å²) < 4.78 is 18.5. The van der Waals surface area contributed by atoms with E-state index in [0.717, 1.165) is 12.8 Å². The molecule has 3 heteroatoms. The predicted octanol–water partition coefficient (Wildman–Crippen LogP) is 10.8. The van der Waals surface area contributed by atoms with Crippen LogP contribution in [0.2, 0.25) is 0 Å². The maximum Gasteiger partial charge on any atom is 0.285 e.